The summed E-state index contributed by atoms with van der Waals surface area (Å²) in [4.78, 5) is 28.0. The van der Waals surface area contributed by atoms with Gasteiger partial charge in [-0.2, -0.15) is 5.10 Å². The van der Waals surface area contributed by atoms with Gasteiger partial charge in [0.25, 0.3) is 0 Å². The van der Waals surface area contributed by atoms with Crippen LogP contribution in [-0.2, 0) is 17.6 Å². The van der Waals surface area contributed by atoms with Gasteiger partial charge in [-0.05, 0) is 37.0 Å². The molecule has 0 unspecified atom stereocenters. The first kappa shape index (κ1) is 20.4. The average Bonchev–Trinajstić information content (AvgIpc) is 3.39. The first-order valence-corrected chi connectivity index (χ1v) is 11.9. The van der Waals surface area contributed by atoms with Gasteiger partial charge < -0.3 is 20.2 Å². The fourth-order valence-electron chi connectivity index (χ4n) is 4.85. The van der Waals surface area contributed by atoms with Gasteiger partial charge in [0.1, 0.15) is 17.0 Å². The van der Waals surface area contributed by atoms with Gasteiger partial charge in [0, 0.05) is 44.2 Å². The molecule has 9 nitrogen and oxygen atoms in total. The Labute approximate surface area is 194 Å². The summed E-state index contributed by atoms with van der Waals surface area (Å²) >= 11 is 1.66. The minimum atomic E-state index is -0.366. The number of nitrogens with zero attached hydrogens (tertiary/aromatic N) is 6. The van der Waals surface area contributed by atoms with Crippen LogP contribution in [0.1, 0.15) is 16.9 Å². The average molecular weight is 464 g/mol. The quantitative estimate of drug-likeness (QED) is 0.480. The third-order valence-corrected chi connectivity index (χ3v) is 7.78. The van der Waals surface area contributed by atoms with Crippen LogP contribution in [-0.4, -0.2) is 68.8 Å². The minimum absolute atomic E-state index is 0.0213. The summed E-state index contributed by atoms with van der Waals surface area (Å²) in [6.45, 7) is 0.924. The molecule has 2 aliphatic rings. The van der Waals surface area contributed by atoms with Crippen LogP contribution < -0.4 is 10.2 Å². The van der Waals surface area contributed by atoms with Crippen LogP contribution >= 0.6 is 11.3 Å². The van der Waals surface area contributed by atoms with Crippen LogP contribution in [0.5, 0.6) is 0 Å². The van der Waals surface area contributed by atoms with Crippen molar-refractivity contribution < 1.29 is 9.90 Å². The van der Waals surface area contributed by atoms with Gasteiger partial charge in [-0.1, -0.05) is 0 Å². The number of carbonyl (C=O) groups is 1. The minimum Gasteiger partial charge on any atom is -0.389 e. The predicted molar refractivity (Wildman–Crippen MR) is 128 cm³/mol. The van der Waals surface area contributed by atoms with E-state index in [4.69, 9.17) is 0 Å². The smallest absolute Gasteiger partial charge is 0.226 e. The molecular formula is C23H25N7O2S. The molecule has 5 heterocycles. The fourth-order valence-corrected chi connectivity index (χ4v) is 6.11. The van der Waals surface area contributed by atoms with Gasteiger partial charge in [-0.25, -0.2) is 14.5 Å². The van der Waals surface area contributed by atoms with Crippen LogP contribution in [0, 0.1) is 5.92 Å². The molecule has 0 aromatic carbocycles. The Bertz CT molecular complexity index is 1370. The van der Waals surface area contributed by atoms with Crippen LogP contribution in [0.3, 0.4) is 0 Å². The lowest BCUT2D eigenvalue weighted by Gasteiger charge is -2.38. The Kier molecular flexibility index (Phi) is 4.73. The van der Waals surface area contributed by atoms with E-state index in [0.717, 1.165) is 52.2 Å². The second-order valence-electron chi connectivity index (χ2n) is 9.04. The van der Waals surface area contributed by atoms with E-state index in [-0.39, 0.29) is 17.9 Å². The van der Waals surface area contributed by atoms with Crippen molar-refractivity contribution in [3.8, 4) is 0 Å². The van der Waals surface area contributed by atoms with Gasteiger partial charge in [0.2, 0.25) is 5.91 Å². The van der Waals surface area contributed by atoms with E-state index in [0.29, 0.717) is 13.1 Å². The SMILES string of the molecule is CN(C)c1cn2nccc2cc1Nc1ncnc2sc3c(c12)CC[C@H](C(=O)N1CC(O)C1)C3. The Morgan fingerprint density at radius 3 is 2.94 bits per heavy atom. The zero-order valence-corrected chi connectivity index (χ0v) is 19.3. The molecule has 1 atom stereocenters. The third kappa shape index (κ3) is 3.41. The first-order chi connectivity index (χ1) is 16.0. The summed E-state index contributed by atoms with van der Waals surface area (Å²) in [5, 5.41) is 18.5. The second kappa shape index (κ2) is 7.67. The van der Waals surface area contributed by atoms with Gasteiger partial charge in [-0.3, -0.25) is 4.79 Å². The normalized spacial score (nSPS) is 18.4. The number of aliphatic hydroxyl groups is 1. The maximum Gasteiger partial charge on any atom is 0.226 e. The largest absolute Gasteiger partial charge is 0.389 e. The number of amides is 1. The van der Waals surface area contributed by atoms with Crippen LogP contribution in [0.4, 0.5) is 17.2 Å². The number of nitrogens with one attached hydrogen (secondary N) is 1. The summed E-state index contributed by atoms with van der Waals surface area (Å²) < 4.78 is 1.86. The Hall–Kier alpha value is -3.24. The second-order valence-corrected chi connectivity index (χ2v) is 10.1. The van der Waals surface area contributed by atoms with Crippen molar-refractivity contribution in [2.75, 3.05) is 37.4 Å². The number of β-amino-alcohol motifs (C(OH)–C–C–N with tert-alkyl or cyclic N) is 1. The van der Waals surface area contributed by atoms with E-state index in [2.05, 4.69) is 26.4 Å². The summed E-state index contributed by atoms with van der Waals surface area (Å²) in [6.07, 6.45) is 7.39. The van der Waals surface area contributed by atoms with E-state index in [1.165, 1.54) is 10.4 Å². The third-order valence-electron chi connectivity index (χ3n) is 6.62. The molecule has 1 fully saturated rings. The van der Waals surface area contributed by atoms with Gasteiger partial charge in [-0.15, -0.1) is 11.3 Å². The molecule has 2 N–H and O–H groups in total. The summed E-state index contributed by atoms with van der Waals surface area (Å²) in [5.41, 5.74) is 4.21. The van der Waals surface area contributed by atoms with Crippen LogP contribution in [0.15, 0.2) is 30.9 Å². The monoisotopic (exact) mass is 463 g/mol. The lowest BCUT2D eigenvalue weighted by molar-refractivity contribution is -0.146. The van der Waals surface area contributed by atoms with Crippen molar-refractivity contribution >= 4 is 50.2 Å². The summed E-state index contributed by atoms with van der Waals surface area (Å²) in [6, 6.07) is 4.05. The number of carbonyl (C=O) groups excluding carboxylic acids is 1. The molecule has 1 amide bonds. The number of aryl methyl sites for hydroxylation is 1. The number of thiophene rings is 1. The Balaban J connectivity index is 1.35. The van der Waals surface area contributed by atoms with Gasteiger partial charge >= 0.3 is 0 Å². The molecule has 6 rings (SSSR count). The number of likely N-dealkylation sites (tertiary alicyclic amines) is 1. The van der Waals surface area contributed by atoms with Crippen LogP contribution in [0.25, 0.3) is 15.7 Å². The molecule has 0 spiro atoms. The van der Waals surface area contributed by atoms with E-state index >= 15 is 0 Å². The summed E-state index contributed by atoms with van der Waals surface area (Å²) in [7, 11) is 4.01. The highest BCUT2D eigenvalue weighted by atomic mass is 32.1. The van der Waals surface area contributed by atoms with Crippen LogP contribution in [0.2, 0.25) is 0 Å². The molecule has 1 saturated heterocycles. The topological polar surface area (TPSA) is 98.9 Å². The highest BCUT2D eigenvalue weighted by Crippen LogP contribution is 2.41. The highest BCUT2D eigenvalue weighted by Gasteiger charge is 2.36. The molecule has 0 radical (unpaired) electrons. The molecule has 1 aliphatic heterocycles. The molecular weight excluding hydrogens is 438 g/mol. The Morgan fingerprint density at radius 1 is 1.30 bits per heavy atom. The number of hydrogen-bond acceptors (Lipinski definition) is 8. The molecule has 0 bridgehead atoms. The van der Waals surface area contributed by atoms with E-state index in [1.807, 2.05) is 35.8 Å². The van der Waals surface area contributed by atoms with Crippen molar-refractivity contribution in [3.05, 3.63) is 41.3 Å². The number of fused-ring (bicyclic) bond motifs is 4. The molecule has 170 valence electrons. The molecule has 10 heteroatoms. The van der Waals surface area contributed by atoms with Crippen molar-refractivity contribution in [3.63, 3.8) is 0 Å². The number of pyridine rings is 1. The maximum atomic E-state index is 12.8. The maximum absolute atomic E-state index is 12.8. The van der Waals surface area contributed by atoms with Gasteiger partial charge in [0.15, 0.2) is 0 Å². The summed E-state index contributed by atoms with van der Waals surface area (Å²) in [5.74, 6) is 0.935. The standard InChI is InChI=1S/C23H25N7O2S/c1-28(2)18-11-30-14(5-6-26-30)8-17(18)27-21-20-16-4-3-13(23(32)29-9-15(31)10-29)7-19(16)33-22(20)25-12-24-21/h5-6,8,11-13,15,31H,3-4,7,9-10H2,1-2H3,(H,24,25,27)/t13-/m0/s1. The number of rotatable bonds is 4. The molecule has 33 heavy (non-hydrogen) atoms. The van der Waals surface area contributed by atoms with E-state index < -0.39 is 0 Å². The van der Waals surface area contributed by atoms with Crippen molar-refractivity contribution in [2.24, 2.45) is 5.92 Å². The van der Waals surface area contributed by atoms with Crippen molar-refractivity contribution in [1.82, 2.24) is 24.5 Å². The lowest BCUT2D eigenvalue weighted by atomic mass is 9.86. The molecule has 4 aromatic rings. The zero-order valence-electron chi connectivity index (χ0n) is 18.5. The van der Waals surface area contributed by atoms with Crippen molar-refractivity contribution in [1.29, 1.82) is 0 Å². The Morgan fingerprint density at radius 2 is 2.15 bits per heavy atom. The van der Waals surface area contributed by atoms with Gasteiger partial charge in [0.05, 0.1) is 34.6 Å². The van der Waals surface area contributed by atoms with E-state index in [1.54, 1.807) is 28.8 Å². The molecule has 1 aliphatic carbocycles. The number of aliphatic hydroxyl groups excluding tert-OH is 1. The number of hydrogen-bond donors (Lipinski definition) is 2. The van der Waals surface area contributed by atoms with Crippen molar-refractivity contribution in [2.45, 2.75) is 25.4 Å². The predicted octanol–water partition coefficient (Wildman–Crippen LogP) is 2.46. The molecule has 0 saturated carbocycles. The lowest BCUT2D eigenvalue weighted by Crippen LogP contribution is -2.55. The number of aromatic nitrogens is 4. The zero-order chi connectivity index (χ0) is 22.7. The van der Waals surface area contributed by atoms with E-state index in [9.17, 15) is 9.90 Å². The number of anilines is 3. The first-order valence-electron chi connectivity index (χ1n) is 11.1. The fraction of sp³-hybridized carbons (Fsp3) is 0.391. The molecule has 4 aromatic heterocycles. The highest BCUT2D eigenvalue weighted by molar-refractivity contribution is 7.19.